The van der Waals surface area contributed by atoms with Crippen LogP contribution in [0.2, 0.25) is 0 Å². The molecule has 12 nitrogen and oxygen atoms in total. The van der Waals surface area contributed by atoms with E-state index in [1.165, 1.54) is 6.33 Å². The first-order valence-corrected chi connectivity index (χ1v) is 13.1. The molecule has 0 radical (unpaired) electrons. The summed E-state index contributed by atoms with van der Waals surface area (Å²) >= 11 is 0. The Morgan fingerprint density at radius 1 is 1.25 bits per heavy atom. The van der Waals surface area contributed by atoms with Crippen molar-refractivity contribution >= 4 is 30.6 Å². The number of carbonyl (C=O) groups is 1. The number of rotatable bonds is 11. The first kappa shape index (κ1) is 25.9. The molecule has 1 aliphatic carbocycles. The highest BCUT2D eigenvalue weighted by atomic mass is 31.2. The average molecular weight is 516 g/mol. The number of nitrogens with zero attached hydrogens (tertiary/aromatic N) is 4. The monoisotopic (exact) mass is 515 g/mol. The van der Waals surface area contributed by atoms with Gasteiger partial charge in [0.25, 0.3) is 0 Å². The van der Waals surface area contributed by atoms with Gasteiger partial charge in [-0.3, -0.25) is 19.2 Å². The fourth-order valence-corrected chi connectivity index (χ4v) is 4.79. The minimum absolute atomic E-state index is 0.0465. The minimum atomic E-state index is -4.40. The maximum absolute atomic E-state index is 12.7. The molecule has 13 heteroatoms. The largest absolute Gasteiger partial charge is 0.432 e. The van der Waals surface area contributed by atoms with Gasteiger partial charge in [0.2, 0.25) is 5.91 Å². The van der Waals surface area contributed by atoms with Gasteiger partial charge in [-0.05, 0) is 17.9 Å². The van der Waals surface area contributed by atoms with Gasteiger partial charge in [-0.15, -0.1) is 0 Å². The van der Waals surface area contributed by atoms with Crippen molar-refractivity contribution in [2.75, 3.05) is 12.3 Å². The van der Waals surface area contributed by atoms with E-state index in [1.807, 2.05) is 47.1 Å². The Labute approximate surface area is 208 Å². The SMILES string of the molecule is CC(C)[C@@H](NOCc1ccccc1)C(=O)NP(=O)(O)OC[C@H]1C=C[C@@H](n2cnc3c(N)ncnc32)C1. The number of nitrogen functional groups attached to an aromatic ring is 1. The van der Waals surface area contributed by atoms with E-state index < -0.39 is 19.7 Å². The second-order valence-electron chi connectivity index (χ2n) is 8.94. The normalized spacial score (nSPS) is 20.0. The highest BCUT2D eigenvalue weighted by Gasteiger charge is 2.32. The average Bonchev–Trinajstić information content (AvgIpc) is 3.48. The van der Waals surface area contributed by atoms with E-state index in [0.717, 1.165) is 5.56 Å². The van der Waals surface area contributed by atoms with Crippen LogP contribution >= 0.6 is 7.75 Å². The third-order valence-electron chi connectivity index (χ3n) is 5.85. The third kappa shape index (κ3) is 6.34. The van der Waals surface area contributed by atoms with E-state index in [0.29, 0.717) is 23.4 Å². The lowest BCUT2D eigenvalue weighted by Crippen LogP contribution is -2.46. The van der Waals surface area contributed by atoms with Gasteiger partial charge < -0.3 is 15.2 Å². The molecule has 0 bridgehead atoms. The van der Waals surface area contributed by atoms with Gasteiger partial charge >= 0.3 is 7.75 Å². The number of nitrogens with one attached hydrogen (secondary N) is 2. The molecule has 1 aliphatic rings. The van der Waals surface area contributed by atoms with Crippen LogP contribution in [0.15, 0.2) is 55.1 Å². The Morgan fingerprint density at radius 3 is 2.78 bits per heavy atom. The third-order valence-corrected chi connectivity index (χ3v) is 6.85. The number of anilines is 1. The first-order valence-electron chi connectivity index (χ1n) is 11.6. The molecule has 192 valence electrons. The number of aromatic nitrogens is 4. The zero-order valence-corrected chi connectivity index (χ0v) is 20.9. The summed E-state index contributed by atoms with van der Waals surface area (Å²) in [6, 6.07) is 8.53. The van der Waals surface area contributed by atoms with E-state index in [-0.39, 0.29) is 31.1 Å². The van der Waals surface area contributed by atoms with E-state index in [9.17, 15) is 14.3 Å². The first-order chi connectivity index (χ1) is 17.2. The van der Waals surface area contributed by atoms with E-state index in [2.05, 4.69) is 25.5 Å². The number of benzene rings is 1. The Bertz CT molecular complexity index is 1270. The minimum Gasteiger partial charge on any atom is -0.382 e. The van der Waals surface area contributed by atoms with Crippen LogP contribution in [0.4, 0.5) is 5.82 Å². The van der Waals surface area contributed by atoms with E-state index in [4.69, 9.17) is 15.1 Å². The predicted octanol–water partition coefficient (Wildman–Crippen LogP) is 2.50. The summed E-state index contributed by atoms with van der Waals surface area (Å²) in [5.41, 5.74) is 10.6. The second kappa shape index (κ2) is 11.3. The predicted molar refractivity (Wildman–Crippen MR) is 133 cm³/mol. The lowest BCUT2D eigenvalue weighted by molar-refractivity contribution is -0.128. The fourth-order valence-electron chi connectivity index (χ4n) is 3.91. The van der Waals surface area contributed by atoms with Gasteiger partial charge in [-0.1, -0.05) is 56.3 Å². The molecule has 2 aromatic heterocycles. The highest BCUT2D eigenvalue weighted by molar-refractivity contribution is 7.51. The number of carbonyl (C=O) groups excluding carboxylic acids is 1. The van der Waals surface area contributed by atoms with Gasteiger partial charge in [0.1, 0.15) is 17.9 Å². The van der Waals surface area contributed by atoms with Crippen LogP contribution in [-0.2, 0) is 25.3 Å². The topological polar surface area (TPSA) is 167 Å². The molecule has 1 unspecified atom stereocenters. The highest BCUT2D eigenvalue weighted by Crippen LogP contribution is 2.40. The number of fused-ring (bicyclic) bond motifs is 1. The van der Waals surface area contributed by atoms with E-state index in [1.54, 1.807) is 20.2 Å². The summed E-state index contributed by atoms with van der Waals surface area (Å²) in [6.07, 6.45) is 7.48. The molecule has 0 saturated heterocycles. The van der Waals surface area contributed by atoms with Crippen molar-refractivity contribution in [1.29, 1.82) is 0 Å². The van der Waals surface area contributed by atoms with Crippen molar-refractivity contribution in [1.82, 2.24) is 30.1 Å². The molecule has 0 saturated carbocycles. The molecule has 3 aromatic rings. The lowest BCUT2D eigenvalue weighted by atomic mass is 10.1. The molecule has 4 atom stereocenters. The van der Waals surface area contributed by atoms with Gasteiger partial charge in [0.05, 0.1) is 25.6 Å². The van der Waals surface area contributed by atoms with Crippen molar-refractivity contribution < 1.29 is 23.6 Å². The fraction of sp³-hybridized carbons (Fsp3) is 0.391. The molecule has 0 aliphatic heterocycles. The summed E-state index contributed by atoms with van der Waals surface area (Å²) < 4.78 is 19.7. The number of allylic oxidation sites excluding steroid dienone is 1. The smallest absolute Gasteiger partial charge is 0.382 e. The summed E-state index contributed by atoms with van der Waals surface area (Å²) in [6.45, 7) is 3.79. The quantitative estimate of drug-likeness (QED) is 0.169. The molecule has 1 aromatic carbocycles. The molecule has 1 amide bonds. The maximum atomic E-state index is 12.7. The number of amides is 1. The van der Waals surface area contributed by atoms with Crippen LogP contribution in [0, 0.1) is 11.8 Å². The van der Waals surface area contributed by atoms with Crippen LogP contribution in [0.25, 0.3) is 11.2 Å². The Morgan fingerprint density at radius 2 is 2.03 bits per heavy atom. The summed E-state index contributed by atoms with van der Waals surface area (Å²) in [5, 5.41) is 2.12. The molecular weight excluding hydrogens is 485 g/mol. The van der Waals surface area contributed by atoms with Crippen LogP contribution in [0.5, 0.6) is 0 Å². The molecule has 5 N–H and O–H groups in total. The number of nitrogens with two attached hydrogens (primary N) is 1. The zero-order chi connectivity index (χ0) is 25.7. The second-order valence-corrected chi connectivity index (χ2v) is 10.5. The van der Waals surface area contributed by atoms with E-state index >= 15 is 0 Å². The van der Waals surface area contributed by atoms with Crippen molar-refractivity contribution in [3.8, 4) is 0 Å². The molecule has 0 spiro atoms. The lowest BCUT2D eigenvalue weighted by Gasteiger charge is -2.23. The summed E-state index contributed by atoms with van der Waals surface area (Å²) in [4.78, 5) is 40.9. The van der Waals surface area contributed by atoms with Crippen molar-refractivity contribution in [3.05, 3.63) is 60.7 Å². The molecule has 0 fully saturated rings. The molecule has 2 heterocycles. The Balaban J connectivity index is 1.27. The maximum Gasteiger partial charge on any atom is 0.432 e. The van der Waals surface area contributed by atoms with Crippen LogP contribution < -0.4 is 16.3 Å². The number of hydroxylamine groups is 1. The van der Waals surface area contributed by atoms with Gasteiger partial charge in [0, 0.05) is 5.92 Å². The molecule has 36 heavy (non-hydrogen) atoms. The van der Waals surface area contributed by atoms with Gasteiger partial charge in [-0.25, -0.2) is 19.5 Å². The van der Waals surface area contributed by atoms with Crippen LogP contribution in [0.3, 0.4) is 0 Å². The van der Waals surface area contributed by atoms with Gasteiger partial charge in [-0.2, -0.15) is 5.48 Å². The van der Waals surface area contributed by atoms with Crippen LogP contribution in [0.1, 0.15) is 31.9 Å². The zero-order valence-electron chi connectivity index (χ0n) is 20.0. The van der Waals surface area contributed by atoms with Crippen molar-refractivity contribution in [2.24, 2.45) is 11.8 Å². The Kier molecular flexibility index (Phi) is 8.12. The van der Waals surface area contributed by atoms with Crippen LogP contribution in [-0.4, -0.2) is 43.0 Å². The Hall–Kier alpha value is -3.15. The number of hydrogen-bond acceptors (Lipinski definition) is 9. The van der Waals surface area contributed by atoms with Crippen molar-refractivity contribution in [2.45, 2.75) is 39.0 Å². The van der Waals surface area contributed by atoms with Crippen molar-refractivity contribution in [3.63, 3.8) is 0 Å². The van der Waals surface area contributed by atoms with Gasteiger partial charge in [0.15, 0.2) is 11.5 Å². The molecular formula is C23H30N7O5P. The number of hydrogen-bond donors (Lipinski definition) is 4. The summed E-state index contributed by atoms with van der Waals surface area (Å²) in [7, 11) is -4.40. The summed E-state index contributed by atoms with van der Waals surface area (Å²) in [5.74, 6) is -0.734. The molecule has 4 rings (SSSR count). The number of imidazole rings is 1. The standard InChI is InChI=1S/C23H30N7O5P/c1-15(2)19(28-34-11-16-6-4-3-5-7-16)23(31)29-36(32,33)35-12-17-8-9-18(10-17)30-14-27-20-21(24)25-13-26-22(20)30/h3-9,13-15,17-19,28H,10-12H2,1-2H3,(H2,24,25,26)(H2,29,31,32,33)/t17-,18+,19+/m0/s1.